The molecule has 25 heavy (non-hydrogen) atoms. The van der Waals surface area contributed by atoms with E-state index in [9.17, 15) is 14.0 Å². The Morgan fingerprint density at radius 1 is 1.40 bits per heavy atom. The van der Waals surface area contributed by atoms with Gasteiger partial charge in [-0.05, 0) is 24.6 Å². The molecule has 0 fully saturated rings. The number of aromatic nitrogens is 2. The average molecular weight is 377 g/mol. The van der Waals surface area contributed by atoms with Gasteiger partial charge in [-0.1, -0.05) is 12.1 Å². The first-order chi connectivity index (χ1) is 12.0. The zero-order valence-corrected chi connectivity index (χ0v) is 15.1. The summed E-state index contributed by atoms with van der Waals surface area (Å²) in [6.45, 7) is 1.85. The molecule has 0 aliphatic rings. The first-order valence-corrected chi connectivity index (χ1v) is 9.65. The Balaban J connectivity index is 1.51. The summed E-state index contributed by atoms with van der Waals surface area (Å²) in [5, 5.41) is 4.68. The van der Waals surface area contributed by atoms with Crippen LogP contribution in [0.5, 0.6) is 0 Å². The van der Waals surface area contributed by atoms with Gasteiger partial charge in [0.1, 0.15) is 5.82 Å². The molecule has 0 aliphatic heterocycles. The highest BCUT2D eigenvalue weighted by Gasteiger charge is 2.10. The van der Waals surface area contributed by atoms with Gasteiger partial charge in [0.05, 0.1) is 17.5 Å². The molecule has 1 N–H and O–H groups in total. The molecule has 1 amide bonds. The number of carbonyl (C=O) groups is 1. The highest BCUT2D eigenvalue weighted by Crippen LogP contribution is 2.15. The van der Waals surface area contributed by atoms with Gasteiger partial charge in [-0.2, -0.15) is 0 Å². The van der Waals surface area contributed by atoms with Crippen molar-refractivity contribution in [1.29, 1.82) is 0 Å². The lowest BCUT2D eigenvalue weighted by Crippen LogP contribution is -2.28. The predicted octanol–water partition coefficient (Wildman–Crippen LogP) is 3.01. The second-order valence-electron chi connectivity index (χ2n) is 5.47. The molecular formula is C17H16FN3O2S2. The average Bonchev–Trinajstić information content (AvgIpc) is 3.04. The molecule has 1 unspecified atom stereocenters. The van der Waals surface area contributed by atoms with Crippen molar-refractivity contribution in [2.24, 2.45) is 0 Å². The van der Waals surface area contributed by atoms with Gasteiger partial charge in [0.15, 0.2) is 4.96 Å². The maximum Gasteiger partial charge on any atom is 0.258 e. The number of rotatable bonds is 6. The fourth-order valence-corrected chi connectivity index (χ4v) is 3.79. The van der Waals surface area contributed by atoms with E-state index >= 15 is 0 Å². The van der Waals surface area contributed by atoms with Gasteiger partial charge < -0.3 is 5.32 Å². The molecule has 1 aromatic carbocycles. The number of hydrogen-bond acceptors (Lipinski definition) is 5. The van der Waals surface area contributed by atoms with Crippen molar-refractivity contribution in [1.82, 2.24) is 14.7 Å². The number of halogens is 1. The van der Waals surface area contributed by atoms with E-state index in [1.807, 2.05) is 12.3 Å². The van der Waals surface area contributed by atoms with E-state index in [4.69, 9.17) is 0 Å². The van der Waals surface area contributed by atoms with E-state index < -0.39 is 0 Å². The van der Waals surface area contributed by atoms with Crippen LogP contribution in [0.4, 0.5) is 4.39 Å². The van der Waals surface area contributed by atoms with Gasteiger partial charge in [-0.25, -0.2) is 9.37 Å². The van der Waals surface area contributed by atoms with Crippen LogP contribution in [-0.2, 0) is 10.5 Å². The lowest BCUT2D eigenvalue weighted by Gasteiger charge is -2.14. The van der Waals surface area contributed by atoms with Crippen LogP contribution in [0.15, 0.2) is 46.7 Å². The van der Waals surface area contributed by atoms with Crippen LogP contribution in [-0.4, -0.2) is 21.0 Å². The molecule has 0 spiro atoms. The van der Waals surface area contributed by atoms with Crippen molar-refractivity contribution in [2.45, 2.75) is 18.7 Å². The summed E-state index contributed by atoms with van der Waals surface area (Å²) in [6.07, 6.45) is 1.69. The molecule has 5 nitrogen and oxygen atoms in total. The summed E-state index contributed by atoms with van der Waals surface area (Å²) < 4.78 is 14.4. The van der Waals surface area contributed by atoms with Crippen molar-refractivity contribution in [3.8, 4) is 0 Å². The lowest BCUT2D eigenvalue weighted by molar-refractivity contribution is -0.119. The Kier molecular flexibility index (Phi) is 5.50. The SMILES string of the molecule is CC(NC(=O)CSCc1cc(=O)n2ccsc2n1)c1ccc(F)cc1. The Labute approximate surface area is 151 Å². The van der Waals surface area contributed by atoms with E-state index in [0.717, 1.165) is 5.56 Å². The quantitative estimate of drug-likeness (QED) is 0.717. The predicted molar refractivity (Wildman–Crippen MR) is 98.5 cm³/mol. The Morgan fingerprint density at radius 2 is 2.16 bits per heavy atom. The van der Waals surface area contributed by atoms with Gasteiger partial charge >= 0.3 is 0 Å². The Morgan fingerprint density at radius 3 is 2.92 bits per heavy atom. The third-order valence-corrected chi connectivity index (χ3v) is 5.31. The molecule has 0 aliphatic carbocycles. The van der Waals surface area contributed by atoms with Crippen LogP contribution >= 0.6 is 23.1 Å². The van der Waals surface area contributed by atoms with Crippen molar-refractivity contribution in [3.05, 3.63) is 69.3 Å². The third kappa shape index (κ3) is 4.46. The molecule has 0 bridgehead atoms. The minimum atomic E-state index is -0.302. The molecule has 1 atom stereocenters. The fourth-order valence-electron chi connectivity index (χ4n) is 2.33. The van der Waals surface area contributed by atoms with E-state index in [-0.39, 0.29) is 29.1 Å². The van der Waals surface area contributed by atoms with Crippen LogP contribution in [0, 0.1) is 5.82 Å². The van der Waals surface area contributed by atoms with Gasteiger partial charge in [-0.15, -0.1) is 23.1 Å². The summed E-state index contributed by atoms with van der Waals surface area (Å²) in [6, 6.07) is 7.35. The highest BCUT2D eigenvalue weighted by atomic mass is 32.2. The molecule has 0 saturated carbocycles. The second-order valence-corrected chi connectivity index (χ2v) is 7.33. The maximum absolute atomic E-state index is 12.9. The number of nitrogens with zero attached hydrogens (tertiary/aromatic N) is 2. The van der Waals surface area contributed by atoms with Crippen molar-refractivity contribution < 1.29 is 9.18 Å². The summed E-state index contributed by atoms with van der Waals surface area (Å²) in [7, 11) is 0. The van der Waals surface area contributed by atoms with E-state index in [1.165, 1.54) is 45.7 Å². The minimum Gasteiger partial charge on any atom is -0.349 e. The molecule has 2 aromatic heterocycles. The summed E-state index contributed by atoms with van der Waals surface area (Å²) in [5.74, 6) is 0.332. The van der Waals surface area contributed by atoms with E-state index in [0.29, 0.717) is 16.4 Å². The first-order valence-electron chi connectivity index (χ1n) is 7.61. The molecule has 8 heteroatoms. The normalized spacial score (nSPS) is 12.2. The van der Waals surface area contributed by atoms with Crippen molar-refractivity contribution in [2.75, 3.05) is 5.75 Å². The van der Waals surface area contributed by atoms with Crippen molar-refractivity contribution in [3.63, 3.8) is 0 Å². The fraction of sp³-hybridized carbons (Fsp3) is 0.235. The molecule has 3 rings (SSSR count). The summed E-state index contributed by atoms with van der Waals surface area (Å²) in [4.78, 5) is 29.0. The highest BCUT2D eigenvalue weighted by molar-refractivity contribution is 7.99. The molecule has 3 aromatic rings. The number of benzene rings is 1. The van der Waals surface area contributed by atoms with Crippen LogP contribution in [0.1, 0.15) is 24.2 Å². The maximum atomic E-state index is 12.9. The number of thioether (sulfide) groups is 1. The number of carbonyl (C=O) groups excluding carboxylic acids is 1. The minimum absolute atomic E-state index is 0.115. The zero-order valence-electron chi connectivity index (χ0n) is 13.4. The van der Waals surface area contributed by atoms with Gasteiger partial charge in [0.2, 0.25) is 5.91 Å². The first kappa shape index (κ1) is 17.6. The van der Waals surface area contributed by atoms with E-state index in [2.05, 4.69) is 10.3 Å². The smallest absolute Gasteiger partial charge is 0.258 e. The van der Waals surface area contributed by atoms with Gasteiger partial charge in [0.25, 0.3) is 5.56 Å². The lowest BCUT2D eigenvalue weighted by atomic mass is 10.1. The zero-order chi connectivity index (χ0) is 17.8. The van der Waals surface area contributed by atoms with Gasteiger partial charge in [-0.3, -0.25) is 14.0 Å². The van der Waals surface area contributed by atoms with Crippen molar-refractivity contribution >= 4 is 34.0 Å². The summed E-state index contributed by atoms with van der Waals surface area (Å²) >= 11 is 2.79. The molecule has 2 heterocycles. The van der Waals surface area contributed by atoms with Crippen LogP contribution in [0.25, 0.3) is 4.96 Å². The number of hydrogen-bond donors (Lipinski definition) is 1. The summed E-state index contributed by atoms with van der Waals surface area (Å²) in [5.41, 5.74) is 1.39. The molecule has 0 radical (unpaired) electrons. The third-order valence-electron chi connectivity index (χ3n) is 3.59. The van der Waals surface area contributed by atoms with Crippen LogP contribution in [0.2, 0.25) is 0 Å². The number of fused-ring (bicyclic) bond motifs is 1. The van der Waals surface area contributed by atoms with Gasteiger partial charge in [0, 0.05) is 23.4 Å². The largest absolute Gasteiger partial charge is 0.349 e. The second kappa shape index (κ2) is 7.79. The monoisotopic (exact) mass is 377 g/mol. The Hall–Kier alpha value is -2.19. The number of amides is 1. The standard InChI is InChI=1S/C17H16FN3O2S2/c1-11(12-2-4-13(18)5-3-12)19-15(22)10-24-9-14-8-16(23)21-6-7-25-17(21)20-14/h2-8,11H,9-10H2,1H3,(H,19,22). The molecule has 130 valence electrons. The van der Waals surface area contributed by atoms with Crippen LogP contribution in [0.3, 0.4) is 0 Å². The number of thiazole rings is 1. The topological polar surface area (TPSA) is 63.5 Å². The Bertz CT molecular complexity index is 937. The van der Waals surface area contributed by atoms with E-state index in [1.54, 1.807) is 18.3 Å². The molecule has 0 saturated heterocycles. The molecular weight excluding hydrogens is 361 g/mol. The number of nitrogens with one attached hydrogen (secondary N) is 1. The van der Waals surface area contributed by atoms with Crippen LogP contribution < -0.4 is 10.9 Å².